The second-order valence-electron chi connectivity index (χ2n) is 11.1. The number of aromatic nitrogens is 4. The van der Waals surface area contributed by atoms with Gasteiger partial charge in [0.05, 0.1) is 25.8 Å². The number of halogens is 3. The topological polar surface area (TPSA) is 99.9 Å². The summed E-state index contributed by atoms with van der Waals surface area (Å²) in [5, 5.41) is 2.88. The van der Waals surface area contributed by atoms with Gasteiger partial charge in [-0.3, -0.25) is 19.4 Å². The maximum atomic E-state index is 13.7. The van der Waals surface area contributed by atoms with Crippen molar-refractivity contribution in [2.24, 2.45) is 7.05 Å². The number of piperazine rings is 1. The van der Waals surface area contributed by atoms with Crippen LogP contribution in [0.3, 0.4) is 0 Å². The minimum absolute atomic E-state index is 0.0339. The van der Waals surface area contributed by atoms with Gasteiger partial charge in [0.15, 0.2) is 0 Å². The van der Waals surface area contributed by atoms with Crippen molar-refractivity contribution in [2.75, 3.05) is 39.8 Å². The van der Waals surface area contributed by atoms with Gasteiger partial charge in [0.1, 0.15) is 11.6 Å². The number of hydrogen-bond donors (Lipinski definition) is 2. The van der Waals surface area contributed by atoms with E-state index in [2.05, 4.69) is 20.2 Å². The minimum atomic E-state index is -4.24. The Morgan fingerprint density at radius 2 is 1.88 bits per heavy atom. The van der Waals surface area contributed by atoms with Crippen LogP contribution in [0.15, 0.2) is 41.6 Å². The Morgan fingerprint density at radius 3 is 2.51 bits per heavy atom. The zero-order chi connectivity index (χ0) is 31.1. The van der Waals surface area contributed by atoms with E-state index in [4.69, 9.17) is 4.74 Å². The van der Waals surface area contributed by atoms with Crippen LogP contribution in [0.5, 0.6) is 5.75 Å². The monoisotopic (exact) mass is 599 g/mol. The summed E-state index contributed by atoms with van der Waals surface area (Å²) in [5.74, 6) is 0.793. The summed E-state index contributed by atoms with van der Waals surface area (Å²) in [7, 11) is 3.37. The number of hydrogen-bond acceptors (Lipinski definition) is 6. The van der Waals surface area contributed by atoms with E-state index in [-0.39, 0.29) is 24.1 Å². The predicted molar refractivity (Wildman–Crippen MR) is 156 cm³/mol. The number of H-pyrrole nitrogens is 1. The van der Waals surface area contributed by atoms with Gasteiger partial charge in [-0.05, 0) is 44.5 Å². The van der Waals surface area contributed by atoms with Crippen molar-refractivity contribution in [2.45, 2.75) is 39.5 Å². The fourth-order valence-corrected chi connectivity index (χ4v) is 5.93. The van der Waals surface area contributed by atoms with Crippen molar-refractivity contribution < 1.29 is 22.7 Å². The van der Waals surface area contributed by atoms with Crippen molar-refractivity contribution in [3.8, 4) is 17.1 Å². The van der Waals surface area contributed by atoms with E-state index >= 15 is 0 Å². The van der Waals surface area contributed by atoms with E-state index < -0.39 is 12.7 Å². The number of nitrogens with one attached hydrogen (secondary N) is 2. The van der Waals surface area contributed by atoms with E-state index in [0.29, 0.717) is 48.7 Å². The number of ether oxygens (including phenoxy) is 1. The molecule has 10 nitrogen and oxygen atoms in total. The van der Waals surface area contributed by atoms with E-state index in [1.807, 2.05) is 54.4 Å². The van der Waals surface area contributed by atoms with Gasteiger partial charge < -0.3 is 24.0 Å². The van der Waals surface area contributed by atoms with Crippen LogP contribution in [0, 0.1) is 13.8 Å². The van der Waals surface area contributed by atoms with Crippen LogP contribution >= 0.6 is 0 Å². The smallest absolute Gasteiger partial charge is 0.401 e. The Kier molecular flexibility index (Phi) is 8.39. The highest BCUT2D eigenvalue weighted by Crippen LogP contribution is 2.32. The molecule has 1 amide bonds. The molecule has 1 saturated heterocycles. The van der Waals surface area contributed by atoms with Crippen molar-refractivity contribution in [1.29, 1.82) is 0 Å². The molecule has 5 heterocycles. The third-order valence-corrected chi connectivity index (χ3v) is 8.14. The second kappa shape index (κ2) is 11.9. The lowest BCUT2D eigenvalue weighted by atomic mass is 10.0. The number of nitrogens with zero attached hydrogens (tertiary/aromatic N) is 5. The van der Waals surface area contributed by atoms with Gasteiger partial charge in [0.25, 0.3) is 11.5 Å². The fourth-order valence-electron chi connectivity index (χ4n) is 5.93. The summed E-state index contributed by atoms with van der Waals surface area (Å²) in [5.41, 5.74) is 4.30. The van der Waals surface area contributed by atoms with Gasteiger partial charge in [-0.25, -0.2) is 4.98 Å². The number of rotatable bonds is 8. The molecular weight excluding hydrogens is 563 g/mol. The first kappa shape index (κ1) is 30.4. The Bertz CT molecular complexity index is 1700. The maximum Gasteiger partial charge on any atom is 0.401 e. The summed E-state index contributed by atoms with van der Waals surface area (Å²) in [4.78, 5) is 37.0. The lowest BCUT2D eigenvalue weighted by Crippen LogP contribution is -2.49. The van der Waals surface area contributed by atoms with Crippen LogP contribution in [-0.2, 0) is 13.6 Å². The molecule has 2 N–H and O–H groups in total. The number of aryl methyl sites for hydroxylation is 2. The molecule has 5 rings (SSSR count). The molecule has 0 aromatic carbocycles. The van der Waals surface area contributed by atoms with Crippen molar-refractivity contribution in [1.82, 2.24) is 34.1 Å². The minimum Gasteiger partial charge on any atom is -0.496 e. The highest BCUT2D eigenvalue weighted by atomic mass is 19.4. The number of aromatic amines is 1. The Morgan fingerprint density at radius 1 is 1.16 bits per heavy atom. The molecule has 13 heteroatoms. The highest BCUT2D eigenvalue weighted by molar-refractivity contribution is 5.97. The van der Waals surface area contributed by atoms with Crippen molar-refractivity contribution in [3.05, 3.63) is 75.2 Å². The van der Waals surface area contributed by atoms with Crippen molar-refractivity contribution >= 4 is 11.4 Å². The largest absolute Gasteiger partial charge is 0.496 e. The summed E-state index contributed by atoms with van der Waals surface area (Å²) >= 11 is 0. The SMILES string of the molecule is COc1cc(C)[nH]c(=O)c1CNC(=O)c1cc2cc(-c3nccn3C)cn2c(C(C)N2CCN(CC(F)(F)F)CC2)c1C. The molecule has 1 atom stereocenters. The molecule has 4 aromatic heterocycles. The van der Waals surface area contributed by atoms with Crippen molar-refractivity contribution in [3.63, 3.8) is 0 Å². The number of carbonyl (C=O) groups is 1. The quantitative estimate of drug-likeness (QED) is 0.320. The molecule has 0 bridgehead atoms. The molecule has 1 aliphatic heterocycles. The molecular formula is C30H36F3N7O3. The van der Waals surface area contributed by atoms with Crippen LogP contribution < -0.4 is 15.6 Å². The number of amides is 1. The Balaban J connectivity index is 1.50. The first-order chi connectivity index (χ1) is 20.4. The molecule has 1 unspecified atom stereocenters. The molecule has 0 radical (unpaired) electrons. The van der Waals surface area contributed by atoms with Gasteiger partial charge in [-0.2, -0.15) is 13.2 Å². The summed E-state index contributed by atoms with van der Waals surface area (Å²) in [6.45, 7) is 6.18. The molecule has 0 saturated carbocycles. The summed E-state index contributed by atoms with van der Waals surface area (Å²) < 4.78 is 48.3. The van der Waals surface area contributed by atoms with E-state index in [0.717, 1.165) is 28.2 Å². The maximum absolute atomic E-state index is 13.7. The Labute approximate surface area is 247 Å². The normalized spacial score (nSPS) is 15.6. The Hall–Kier alpha value is -4.10. The first-order valence-corrected chi connectivity index (χ1v) is 14.1. The molecule has 0 aliphatic carbocycles. The number of methoxy groups -OCH3 is 1. The number of carbonyl (C=O) groups excluding carboxylic acids is 1. The zero-order valence-corrected chi connectivity index (χ0v) is 24.9. The molecule has 43 heavy (non-hydrogen) atoms. The molecule has 4 aromatic rings. The van der Waals surface area contributed by atoms with Crippen LogP contribution in [0.2, 0.25) is 0 Å². The number of alkyl halides is 3. The van der Waals surface area contributed by atoms with Gasteiger partial charge in [0, 0.05) is 85.9 Å². The van der Waals surface area contributed by atoms with E-state index in [1.165, 1.54) is 12.0 Å². The van der Waals surface area contributed by atoms with Gasteiger partial charge in [-0.1, -0.05) is 0 Å². The summed E-state index contributed by atoms with van der Waals surface area (Å²) in [6, 6.07) is 5.27. The third-order valence-electron chi connectivity index (χ3n) is 8.14. The van der Waals surface area contributed by atoms with Crippen LogP contribution in [0.1, 0.15) is 45.8 Å². The van der Waals surface area contributed by atoms with Crippen LogP contribution in [-0.4, -0.2) is 80.7 Å². The molecule has 1 aliphatic rings. The van der Waals surface area contributed by atoms with E-state index in [9.17, 15) is 22.8 Å². The van der Waals surface area contributed by atoms with Gasteiger partial charge in [0.2, 0.25) is 0 Å². The predicted octanol–water partition coefficient (Wildman–Crippen LogP) is 3.82. The highest BCUT2D eigenvalue weighted by Gasteiger charge is 2.34. The number of pyridine rings is 2. The lowest BCUT2D eigenvalue weighted by molar-refractivity contribution is -0.149. The summed E-state index contributed by atoms with van der Waals surface area (Å²) in [6.07, 6.45) is 1.31. The van der Waals surface area contributed by atoms with Crippen LogP contribution in [0.4, 0.5) is 13.2 Å². The number of imidazole rings is 1. The third kappa shape index (κ3) is 6.32. The average molecular weight is 600 g/mol. The standard InChI is InChI=1S/C30H36F3N7O3/c1-18-12-25(43-5)24(29(42)36-18)15-35-28(41)23-14-22-13-21(27-34-6-7-37(27)4)16-40(22)26(19(23)2)20(3)39-10-8-38(9-11-39)17-30(31,32)33/h6-7,12-14,16,20H,8-11,15,17H2,1-5H3,(H,35,41)(H,36,42). The fraction of sp³-hybridized carbons (Fsp3) is 0.433. The van der Waals surface area contributed by atoms with Gasteiger partial charge >= 0.3 is 6.18 Å². The van der Waals surface area contributed by atoms with E-state index in [1.54, 1.807) is 19.2 Å². The van der Waals surface area contributed by atoms with Gasteiger partial charge in [-0.15, -0.1) is 0 Å². The molecule has 0 spiro atoms. The lowest BCUT2D eigenvalue weighted by Gasteiger charge is -2.39. The zero-order valence-electron chi connectivity index (χ0n) is 24.9. The number of fused-ring (bicyclic) bond motifs is 1. The molecule has 1 fully saturated rings. The first-order valence-electron chi connectivity index (χ1n) is 14.1. The molecule has 230 valence electrons. The second-order valence-corrected chi connectivity index (χ2v) is 11.1. The average Bonchev–Trinajstić information content (AvgIpc) is 3.56. The van der Waals surface area contributed by atoms with Crippen LogP contribution in [0.25, 0.3) is 16.9 Å².